The summed E-state index contributed by atoms with van der Waals surface area (Å²) in [6, 6.07) is 8.21. The molecule has 0 spiro atoms. The highest BCUT2D eigenvalue weighted by Gasteiger charge is 2.10. The molecule has 1 unspecified atom stereocenters. The van der Waals surface area contributed by atoms with E-state index in [1.165, 1.54) is 6.07 Å². The lowest BCUT2D eigenvalue weighted by Gasteiger charge is -2.16. The second kappa shape index (κ2) is 5.27. The van der Waals surface area contributed by atoms with Crippen molar-refractivity contribution in [2.45, 2.75) is 13.0 Å². The van der Waals surface area contributed by atoms with E-state index in [-0.39, 0.29) is 17.5 Å². The predicted octanol–water partition coefficient (Wildman–Crippen LogP) is 3.43. The van der Waals surface area contributed by atoms with Gasteiger partial charge in [-0.2, -0.15) is 0 Å². The van der Waals surface area contributed by atoms with Crippen LogP contribution in [0.3, 0.4) is 0 Å². The quantitative estimate of drug-likeness (QED) is 0.760. The average Bonchev–Trinajstić information content (AvgIpc) is 2.32. The summed E-state index contributed by atoms with van der Waals surface area (Å²) in [5, 5.41) is 22.2. The van der Waals surface area contributed by atoms with Crippen molar-refractivity contribution in [1.82, 2.24) is 4.98 Å². The first-order chi connectivity index (χ1) is 8.56. The van der Waals surface area contributed by atoms with Crippen LogP contribution in [0.2, 0.25) is 0 Å². The largest absolute Gasteiger partial charge is 0.508 e. The SMILES string of the molecule is CC(Nc1ccc(Br)nc1)c1ccc(O)cc1O. The van der Waals surface area contributed by atoms with Crippen LogP contribution in [0.1, 0.15) is 18.5 Å². The van der Waals surface area contributed by atoms with Gasteiger partial charge >= 0.3 is 0 Å². The second-order valence-corrected chi connectivity index (χ2v) is 4.79. The third-order valence-electron chi connectivity index (χ3n) is 2.59. The Morgan fingerprint density at radius 3 is 2.61 bits per heavy atom. The zero-order valence-corrected chi connectivity index (χ0v) is 11.3. The fourth-order valence-electron chi connectivity index (χ4n) is 1.69. The zero-order chi connectivity index (χ0) is 13.1. The Kier molecular flexibility index (Phi) is 3.72. The molecule has 18 heavy (non-hydrogen) atoms. The molecule has 1 atom stereocenters. The van der Waals surface area contributed by atoms with E-state index in [4.69, 9.17) is 0 Å². The summed E-state index contributed by atoms with van der Waals surface area (Å²) >= 11 is 3.27. The van der Waals surface area contributed by atoms with Crippen molar-refractivity contribution >= 4 is 21.6 Å². The number of nitrogens with zero attached hydrogens (tertiary/aromatic N) is 1. The molecule has 2 rings (SSSR count). The van der Waals surface area contributed by atoms with Gasteiger partial charge in [0.1, 0.15) is 16.1 Å². The van der Waals surface area contributed by atoms with Gasteiger partial charge in [0.15, 0.2) is 0 Å². The third kappa shape index (κ3) is 2.92. The van der Waals surface area contributed by atoms with Crippen molar-refractivity contribution < 1.29 is 10.2 Å². The molecule has 4 nitrogen and oxygen atoms in total. The number of anilines is 1. The molecule has 0 aliphatic heterocycles. The first kappa shape index (κ1) is 12.7. The van der Waals surface area contributed by atoms with E-state index in [2.05, 4.69) is 26.2 Å². The zero-order valence-electron chi connectivity index (χ0n) is 9.76. The maximum atomic E-state index is 9.76. The standard InChI is InChI=1S/C13H13BrN2O2/c1-8(11-4-3-10(17)6-12(11)18)16-9-2-5-13(14)15-7-9/h2-8,16-18H,1H3. The van der Waals surface area contributed by atoms with E-state index >= 15 is 0 Å². The number of rotatable bonds is 3. The maximum absolute atomic E-state index is 9.76. The van der Waals surface area contributed by atoms with Crippen LogP contribution in [-0.2, 0) is 0 Å². The van der Waals surface area contributed by atoms with E-state index in [1.54, 1.807) is 18.3 Å². The number of phenolic OH excluding ortho intramolecular Hbond substituents is 2. The first-order valence-electron chi connectivity index (χ1n) is 5.46. The van der Waals surface area contributed by atoms with Crippen LogP contribution in [-0.4, -0.2) is 15.2 Å². The summed E-state index contributed by atoms with van der Waals surface area (Å²) < 4.78 is 0.771. The molecule has 0 aliphatic rings. The molecular formula is C13H13BrN2O2. The highest BCUT2D eigenvalue weighted by atomic mass is 79.9. The lowest BCUT2D eigenvalue weighted by atomic mass is 10.1. The van der Waals surface area contributed by atoms with Gasteiger partial charge in [-0.15, -0.1) is 0 Å². The fraction of sp³-hybridized carbons (Fsp3) is 0.154. The van der Waals surface area contributed by atoms with Crippen molar-refractivity contribution in [2.24, 2.45) is 0 Å². The van der Waals surface area contributed by atoms with E-state index in [0.717, 1.165) is 15.9 Å². The maximum Gasteiger partial charge on any atom is 0.124 e. The number of phenols is 2. The van der Waals surface area contributed by atoms with Gasteiger partial charge in [0.05, 0.1) is 17.9 Å². The van der Waals surface area contributed by atoms with Crippen LogP contribution >= 0.6 is 15.9 Å². The van der Waals surface area contributed by atoms with Crippen LogP contribution < -0.4 is 5.32 Å². The molecule has 94 valence electrons. The Morgan fingerprint density at radius 2 is 2.00 bits per heavy atom. The van der Waals surface area contributed by atoms with Gasteiger partial charge in [-0.05, 0) is 47.1 Å². The van der Waals surface area contributed by atoms with Gasteiger partial charge < -0.3 is 15.5 Å². The highest BCUT2D eigenvalue weighted by Crippen LogP contribution is 2.29. The topological polar surface area (TPSA) is 65.4 Å². The smallest absolute Gasteiger partial charge is 0.124 e. The molecule has 0 fully saturated rings. The Balaban J connectivity index is 2.16. The molecule has 1 aromatic heterocycles. The summed E-state index contributed by atoms with van der Waals surface area (Å²) in [7, 11) is 0. The highest BCUT2D eigenvalue weighted by molar-refractivity contribution is 9.10. The summed E-state index contributed by atoms with van der Waals surface area (Å²) in [4.78, 5) is 4.11. The Labute approximate surface area is 113 Å². The minimum atomic E-state index is -0.0893. The van der Waals surface area contributed by atoms with Gasteiger partial charge in [0.2, 0.25) is 0 Å². The van der Waals surface area contributed by atoms with Crippen molar-refractivity contribution in [3.63, 3.8) is 0 Å². The number of hydrogen-bond acceptors (Lipinski definition) is 4. The Hall–Kier alpha value is -1.75. The van der Waals surface area contributed by atoms with Gasteiger partial charge in [0.25, 0.3) is 0 Å². The van der Waals surface area contributed by atoms with E-state index < -0.39 is 0 Å². The summed E-state index contributed by atoms with van der Waals surface area (Å²) in [5.74, 6) is 0.119. The third-order valence-corrected chi connectivity index (χ3v) is 3.06. The number of pyridine rings is 1. The molecule has 0 aliphatic carbocycles. The van der Waals surface area contributed by atoms with E-state index in [0.29, 0.717) is 0 Å². The lowest BCUT2D eigenvalue weighted by molar-refractivity contribution is 0.444. The molecule has 0 radical (unpaired) electrons. The Bertz CT molecular complexity index is 543. The molecule has 5 heteroatoms. The molecule has 0 saturated heterocycles. The normalized spacial score (nSPS) is 12.1. The van der Waals surface area contributed by atoms with Gasteiger partial charge in [0, 0.05) is 11.6 Å². The minimum Gasteiger partial charge on any atom is -0.508 e. The van der Waals surface area contributed by atoms with E-state index in [1.807, 2.05) is 19.1 Å². The number of aromatic hydroxyl groups is 2. The number of aromatic nitrogens is 1. The summed E-state index contributed by atoms with van der Waals surface area (Å²) in [5.41, 5.74) is 1.58. The van der Waals surface area contributed by atoms with Crippen molar-refractivity contribution in [3.05, 3.63) is 46.7 Å². The fourth-order valence-corrected chi connectivity index (χ4v) is 1.92. The second-order valence-electron chi connectivity index (χ2n) is 3.98. The number of halogens is 1. The summed E-state index contributed by atoms with van der Waals surface area (Å²) in [6.07, 6.45) is 1.71. The van der Waals surface area contributed by atoms with Crippen LogP contribution in [0.5, 0.6) is 11.5 Å². The van der Waals surface area contributed by atoms with Crippen molar-refractivity contribution in [3.8, 4) is 11.5 Å². The molecular weight excluding hydrogens is 296 g/mol. The molecule has 0 bridgehead atoms. The van der Waals surface area contributed by atoms with Crippen LogP contribution in [0, 0.1) is 0 Å². The molecule has 0 amide bonds. The van der Waals surface area contributed by atoms with Crippen molar-refractivity contribution in [2.75, 3.05) is 5.32 Å². The minimum absolute atomic E-state index is 0.0498. The molecule has 1 heterocycles. The van der Waals surface area contributed by atoms with Crippen LogP contribution in [0.4, 0.5) is 5.69 Å². The first-order valence-corrected chi connectivity index (χ1v) is 6.25. The lowest BCUT2D eigenvalue weighted by Crippen LogP contribution is -2.06. The number of hydrogen-bond donors (Lipinski definition) is 3. The van der Waals surface area contributed by atoms with Gasteiger partial charge in [-0.25, -0.2) is 4.98 Å². The van der Waals surface area contributed by atoms with E-state index in [9.17, 15) is 10.2 Å². The monoisotopic (exact) mass is 308 g/mol. The molecule has 0 saturated carbocycles. The van der Waals surface area contributed by atoms with Crippen molar-refractivity contribution in [1.29, 1.82) is 0 Å². The molecule has 2 aromatic rings. The average molecular weight is 309 g/mol. The number of nitrogens with one attached hydrogen (secondary N) is 1. The summed E-state index contributed by atoms with van der Waals surface area (Å²) in [6.45, 7) is 1.92. The molecule has 1 aromatic carbocycles. The molecule has 3 N–H and O–H groups in total. The predicted molar refractivity (Wildman–Crippen MR) is 73.7 cm³/mol. The van der Waals surface area contributed by atoms with Crippen LogP contribution in [0.25, 0.3) is 0 Å². The van der Waals surface area contributed by atoms with Gasteiger partial charge in [-0.3, -0.25) is 0 Å². The van der Waals surface area contributed by atoms with Gasteiger partial charge in [-0.1, -0.05) is 0 Å². The Morgan fingerprint density at radius 1 is 1.22 bits per heavy atom. The van der Waals surface area contributed by atoms with Crippen LogP contribution in [0.15, 0.2) is 41.1 Å². The number of benzene rings is 1.